The van der Waals surface area contributed by atoms with E-state index in [4.69, 9.17) is 21.7 Å². The molecule has 0 unspecified atom stereocenters. The van der Waals surface area contributed by atoms with Gasteiger partial charge in [-0.1, -0.05) is 38.1 Å². The van der Waals surface area contributed by atoms with E-state index in [1.165, 1.54) is 12.7 Å². The Bertz CT molecular complexity index is 949. The van der Waals surface area contributed by atoms with Crippen LogP contribution in [0.2, 0.25) is 0 Å². The van der Waals surface area contributed by atoms with Gasteiger partial charge in [0.1, 0.15) is 5.75 Å². The zero-order valence-electron chi connectivity index (χ0n) is 18.1. The van der Waals surface area contributed by atoms with Crippen LogP contribution in [0.15, 0.2) is 59.8 Å². The largest absolute Gasteiger partial charge is 0.494 e. The third-order valence-electron chi connectivity index (χ3n) is 5.23. The number of ether oxygens (including phenoxy) is 2. The number of esters is 1. The molecule has 30 heavy (non-hydrogen) atoms. The summed E-state index contributed by atoms with van der Waals surface area (Å²) in [5, 5.41) is 3.86. The van der Waals surface area contributed by atoms with Crippen molar-refractivity contribution in [3.8, 4) is 5.75 Å². The van der Waals surface area contributed by atoms with Gasteiger partial charge in [-0.05, 0) is 67.4 Å². The van der Waals surface area contributed by atoms with Crippen LogP contribution in [-0.4, -0.2) is 24.8 Å². The molecule has 158 valence electrons. The number of nitrogens with one attached hydrogen (secondary N) is 1. The number of methoxy groups -OCH3 is 1. The van der Waals surface area contributed by atoms with Gasteiger partial charge in [0.15, 0.2) is 5.11 Å². The summed E-state index contributed by atoms with van der Waals surface area (Å²) in [6.45, 7) is 8.75. The highest BCUT2D eigenvalue weighted by Crippen LogP contribution is 2.35. The van der Waals surface area contributed by atoms with Gasteiger partial charge in [-0.25, -0.2) is 4.79 Å². The van der Waals surface area contributed by atoms with Crippen LogP contribution in [0.4, 0.5) is 5.69 Å². The van der Waals surface area contributed by atoms with E-state index in [0.717, 1.165) is 22.7 Å². The molecular formula is C24H28N2O3S. The SMILES string of the molecule is CCOc1ccc(N2C(=S)N[C@@H](c3ccc(C(C)C)cc3)C(C(=O)OC)=C2C)cc1. The molecule has 0 spiro atoms. The lowest BCUT2D eigenvalue weighted by Gasteiger charge is -2.37. The molecule has 5 nitrogen and oxygen atoms in total. The maximum atomic E-state index is 12.7. The summed E-state index contributed by atoms with van der Waals surface area (Å²) in [6, 6.07) is 15.5. The standard InChI is InChI=1S/C24H28N2O3S/c1-6-29-20-13-11-19(12-14-20)26-16(4)21(23(27)28-5)22(25-24(26)30)18-9-7-17(8-10-18)15(2)3/h7-15,22H,6H2,1-5H3,(H,25,30)/t22-/m0/s1. The van der Waals surface area contributed by atoms with Crippen LogP contribution < -0.4 is 15.0 Å². The first-order chi connectivity index (χ1) is 14.4. The third kappa shape index (κ3) is 4.33. The maximum absolute atomic E-state index is 12.7. The van der Waals surface area contributed by atoms with Crippen molar-refractivity contribution in [3.63, 3.8) is 0 Å². The van der Waals surface area contributed by atoms with Crippen LogP contribution in [0.5, 0.6) is 5.75 Å². The molecule has 0 radical (unpaired) electrons. The van der Waals surface area contributed by atoms with Gasteiger partial charge in [0.25, 0.3) is 0 Å². The first kappa shape index (κ1) is 21.8. The van der Waals surface area contributed by atoms with Crippen molar-refractivity contribution in [2.75, 3.05) is 18.6 Å². The number of anilines is 1. The van der Waals surface area contributed by atoms with E-state index in [9.17, 15) is 4.79 Å². The molecule has 6 heteroatoms. The lowest BCUT2D eigenvalue weighted by molar-refractivity contribution is -0.136. The number of hydrogen-bond acceptors (Lipinski definition) is 4. The van der Waals surface area contributed by atoms with E-state index in [-0.39, 0.29) is 12.0 Å². The van der Waals surface area contributed by atoms with Crippen molar-refractivity contribution in [2.24, 2.45) is 0 Å². The van der Waals surface area contributed by atoms with Gasteiger partial charge in [-0.15, -0.1) is 0 Å². The van der Waals surface area contributed by atoms with Crippen molar-refractivity contribution in [2.45, 2.75) is 39.7 Å². The summed E-state index contributed by atoms with van der Waals surface area (Å²) in [5.41, 5.74) is 4.34. The molecule has 3 rings (SSSR count). The van der Waals surface area contributed by atoms with Crippen LogP contribution in [-0.2, 0) is 9.53 Å². The molecule has 0 saturated heterocycles. The van der Waals surface area contributed by atoms with Gasteiger partial charge in [-0.3, -0.25) is 4.90 Å². The number of carbonyl (C=O) groups excluding carboxylic acids is 1. The van der Waals surface area contributed by atoms with E-state index < -0.39 is 0 Å². The zero-order valence-corrected chi connectivity index (χ0v) is 18.9. The van der Waals surface area contributed by atoms with E-state index in [1.807, 2.05) is 55.1 Å². The molecule has 2 aromatic rings. The molecule has 0 aliphatic carbocycles. The van der Waals surface area contributed by atoms with Crippen molar-refractivity contribution < 1.29 is 14.3 Å². The quantitative estimate of drug-likeness (QED) is 0.515. The minimum absolute atomic E-state index is 0.370. The zero-order chi connectivity index (χ0) is 21.8. The maximum Gasteiger partial charge on any atom is 0.337 e. The second-order valence-electron chi connectivity index (χ2n) is 7.46. The lowest BCUT2D eigenvalue weighted by atomic mass is 9.92. The monoisotopic (exact) mass is 424 g/mol. The van der Waals surface area contributed by atoms with Gasteiger partial charge in [0.2, 0.25) is 0 Å². The molecule has 0 fully saturated rings. The van der Waals surface area contributed by atoms with Crippen LogP contribution in [0.25, 0.3) is 0 Å². The van der Waals surface area contributed by atoms with Gasteiger partial charge in [0, 0.05) is 11.4 Å². The number of allylic oxidation sites excluding steroid dienone is 1. The van der Waals surface area contributed by atoms with Crippen LogP contribution in [0.3, 0.4) is 0 Å². The summed E-state index contributed by atoms with van der Waals surface area (Å²) >= 11 is 5.69. The predicted molar refractivity (Wildman–Crippen MR) is 124 cm³/mol. The first-order valence-electron chi connectivity index (χ1n) is 10.1. The predicted octanol–water partition coefficient (Wildman–Crippen LogP) is 5.09. The Kier molecular flexibility index (Phi) is 6.77. The summed E-state index contributed by atoms with van der Waals surface area (Å²) in [6.07, 6.45) is 0. The fourth-order valence-corrected chi connectivity index (χ4v) is 3.97. The van der Waals surface area contributed by atoms with E-state index in [1.54, 1.807) is 0 Å². The molecule has 0 bridgehead atoms. The molecule has 2 aromatic carbocycles. The number of thiocarbonyl (C=S) groups is 1. The fraction of sp³-hybridized carbons (Fsp3) is 0.333. The molecule has 0 aromatic heterocycles. The number of nitrogens with zero attached hydrogens (tertiary/aromatic N) is 1. The van der Waals surface area contributed by atoms with Crippen LogP contribution >= 0.6 is 12.2 Å². The number of rotatable bonds is 6. The van der Waals surface area contributed by atoms with Gasteiger partial charge in [-0.2, -0.15) is 0 Å². The molecule has 1 aliphatic heterocycles. The molecule has 1 aliphatic rings. The highest BCUT2D eigenvalue weighted by atomic mass is 32.1. The van der Waals surface area contributed by atoms with E-state index in [0.29, 0.717) is 23.2 Å². The highest BCUT2D eigenvalue weighted by molar-refractivity contribution is 7.80. The molecule has 1 atom stereocenters. The Labute approximate surface area is 183 Å². The van der Waals surface area contributed by atoms with Crippen LogP contribution in [0, 0.1) is 0 Å². The average molecular weight is 425 g/mol. The number of hydrogen-bond donors (Lipinski definition) is 1. The minimum atomic E-state index is -0.378. The summed E-state index contributed by atoms with van der Waals surface area (Å²) in [4.78, 5) is 14.6. The normalized spacial score (nSPS) is 16.5. The highest BCUT2D eigenvalue weighted by Gasteiger charge is 2.35. The Balaban J connectivity index is 2.03. The second-order valence-corrected chi connectivity index (χ2v) is 7.84. The third-order valence-corrected chi connectivity index (χ3v) is 5.53. The number of carbonyl (C=O) groups is 1. The fourth-order valence-electron chi connectivity index (χ4n) is 3.61. The molecular weight excluding hydrogens is 396 g/mol. The summed E-state index contributed by atoms with van der Waals surface area (Å²) < 4.78 is 10.6. The van der Waals surface area contributed by atoms with E-state index in [2.05, 4.69) is 31.3 Å². The average Bonchev–Trinajstić information content (AvgIpc) is 2.74. The van der Waals surface area contributed by atoms with Gasteiger partial charge >= 0.3 is 5.97 Å². The first-order valence-corrected chi connectivity index (χ1v) is 10.5. The summed E-state index contributed by atoms with van der Waals surface area (Å²) in [5.74, 6) is 0.846. The molecule has 1 N–H and O–H groups in total. The van der Waals surface area contributed by atoms with Gasteiger partial charge in [0.05, 0.1) is 25.3 Å². The Morgan fingerprint density at radius 1 is 1.13 bits per heavy atom. The van der Waals surface area contributed by atoms with E-state index >= 15 is 0 Å². The smallest absolute Gasteiger partial charge is 0.337 e. The Morgan fingerprint density at radius 3 is 2.30 bits per heavy atom. The summed E-state index contributed by atoms with van der Waals surface area (Å²) in [7, 11) is 1.40. The Morgan fingerprint density at radius 2 is 1.77 bits per heavy atom. The molecule has 1 heterocycles. The minimum Gasteiger partial charge on any atom is -0.494 e. The number of benzene rings is 2. The topological polar surface area (TPSA) is 50.8 Å². The Hall–Kier alpha value is -2.86. The lowest BCUT2D eigenvalue weighted by Crippen LogP contribution is -2.48. The van der Waals surface area contributed by atoms with Crippen molar-refractivity contribution in [1.82, 2.24) is 5.32 Å². The van der Waals surface area contributed by atoms with Gasteiger partial charge < -0.3 is 14.8 Å². The van der Waals surface area contributed by atoms with Crippen molar-refractivity contribution in [1.29, 1.82) is 0 Å². The van der Waals surface area contributed by atoms with Crippen LogP contribution in [0.1, 0.15) is 50.8 Å². The molecule has 0 saturated carbocycles. The second kappa shape index (κ2) is 9.30. The van der Waals surface area contributed by atoms with Crippen molar-refractivity contribution in [3.05, 3.63) is 70.9 Å². The molecule has 0 amide bonds. The van der Waals surface area contributed by atoms with Crippen molar-refractivity contribution >= 4 is 29.0 Å².